The van der Waals surface area contributed by atoms with Gasteiger partial charge in [0.15, 0.2) is 0 Å². The van der Waals surface area contributed by atoms with Crippen LogP contribution in [0.5, 0.6) is 5.75 Å². The average molecular weight is 452 g/mol. The Hall–Kier alpha value is -2.95. The summed E-state index contributed by atoms with van der Waals surface area (Å²) in [6, 6.07) is 11.8. The molecule has 0 spiro atoms. The first-order valence-electron chi connectivity index (χ1n) is 12.1. The van der Waals surface area contributed by atoms with E-state index in [-0.39, 0.29) is 18.0 Å². The van der Waals surface area contributed by atoms with E-state index in [2.05, 4.69) is 24.0 Å². The molecule has 0 radical (unpaired) electrons. The van der Waals surface area contributed by atoms with Gasteiger partial charge in [0, 0.05) is 18.1 Å². The Morgan fingerprint density at radius 3 is 2.42 bits per heavy atom. The summed E-state index contributed by atoms with van der Waals surface area (Å²) in [5, 5.41) is 0. The summed E-state index contributed by atoms with van der Waals surface area (Å²) in [5.74, 6) is -0.100. The number of benzene rings is 1. The molecule has 1 atom stereocenters. The largest absolute Gasteiger partial charge is 0.463 e. The highest BCUT2D eigenvalue weighted by Crippen LogP contribution is 2.21. The number of unbranched alkanes of at least 4 members (excludes halogenated alkanes) is 5. The van der Waals surface area contributed by atoms with Gasteiger partial charge in [-0.05, 0) is 50.3 Å². The molecule has 0 fully saturated rings. The van der Waals surface area contributed by atoms with Gasteiger partial charge >= 0.3 is 11.9 Å². The Bertz CT molecular complexity index is 872. The standard InChI is InChI=1S/C28H37NO4/c1-4-6-7-8-9-10-11-12-28(31)33-25-19-20-26(29-21-25)24-17-15-23(16-18-24)14-13-22(3)32-27(30)5-2/h11-12,15-22H,4-10,13-14H2,1-3H3. The van der Waals surface area contributed by atoms with Crippen LogP contribution in [0.15, 0.2) is 54.7 Å². The van der Waals surface area contributed by atoms with E-state index in [9.17, 15) is 9.59 Å². The second kappa shape index (κ2) is 15.0. The Balaban J connectivity index is 1.78. The molecule has 0 bridgehead atoms. The molecule has 0 aliphatic heterocycles. The quantitative estimate of drug-likeness (QED) is 0.179. The number of hydrogen-bond donors (Lipinski definition) is 0. The third-order valence-corrected chi connectivity index (χ3v) is 5.39. The van der Waals surface area contributed by atoms with Crippen molar-refractivity contribution in [2.45, 2.75) is 84.7 Å². The number of aromatic nitrogens is 1. The summed E-state index contributed by atoms with van der Waals surface area (Å²) in [4.78, 5) is 27.7. The molecule has 2 rings (SSSR count). The number of nitrogens with zero attached hydrogens (tertiary/aromatic N) is 1. The number of ether oxygens (including phenoxy) is 2. The zero-order chi connectivity index (χ0) is 23.9. The monoisotopic (exact) mass is 451 g/mol. The third kappa shape index (κ3) is 10.5. The van der Waals surface area contributed by atoms with Crippen molar-refractivity contribution in [3.63, 3.8) is 0 Å². The van der Waals surface area contributed by atoms with Crippen LogP contribution in [0, 0.1) is 0 Å². The maximum atomic E-state index is 12.0. The summed E-state index contributed by atoms with van der Waals surface area (Å²) in [5.41, 5.74) is 2.99. The van der Waals surface area contributed by atoms with E-state index in [1.165, 1.54) is 37.3 Å². The zero-order valence-electron chi connectivity index (χ0n) is 20.2. The molecule has 0 amide bonds. The van der Waals surface area contributed by atoms with Crippen LogP contribution in [0.3, 0.4) is 0 Å². The predicted molar refractivity (Wildman–Crippen MR) is 132 cm³/mol. The van der Waals surface area contributed by atoms with Crippen LogP contribution in [0.1, 0.15) is 77.7 Å². The summed E-state index contributed by atoms with van der Waals surface area (Å²) in [6.45, 7) is 5.92. The van der Waals surface area contributed by atoms with Crippen molar-refractivity contribution in [1.82, 2.24) is 4.98 Å². The molecule has 2 aromatic rings. The van der Waals surface area contributed by atoms with Crippen LogP contribution in [-0.2, 0) is 20.7 Å². The summed E-state index contributed by atoms with van der Waals surface area (Å²) in [6.07, 6.45) is 13.9. The first kappa shape index (κ1) is 26.3. The number of carbonyl (C=O) groups is 2. The minimum Gasteiger partial charge on any atom is -0.463 e. The lowest BCUT2D eigenvalue weighted by atomic mass is 10.0. The fraction of sp³-hybridized carbons (Fsp3) is 0.464. The summed E-state index contributed by atoms with van der Waals surface area (Å²) >= 11 is 0. The van der Waals surface area contributed by atoms with E-state index in [1.54, 1.807) is 19.2 Å². The Labute approximate surface area is 198 Å². The van der Waals surface area contributed by atoms with E-state index < -0.39 is 0 Å². The topological polar surface area (TPSA) is 65.5 Å². The van der Waals surface area contributed by atoms with Crippen molar-refractivity contribution >= 4 is 11.9 Å². The van der Waals surface area contributed by atoms with Crippen molar-refractivity contribution in [3.8, 4) is 17.0 Å². The van der Waals surface area contributed by atoms with Gasteiger partial charge < -0.3 is 9.47 Å². The van der Waals surface area contributed by atoms with Gasteiger partial charge in [-0.1, -0.05) is 69.9 Å². The Morgan fingerprint density at radius 2 is 1.76 bits per heavy atom. The molecule has 0 aliphatic carbocycles. The van der Waals surface area contributed by atoms with Crippen molar-refractivity contribution < 1.29 is 19.1 Å². The minimum atomic E-state index is -0.374. The highest BCUT2D eigenvalue weighted by atomic mass is 16.5. The van der Waals surface area contributed by atoms with Crippen molar-refractivity contribution in [2.75, 3.05) is 0 Å². The fourth-order valence-corrected chi connectivity index (χ4v) is 3.39. The number of aryl methyl sites for hydroxylation is 1. The van der Waals surface area contributed by atoms with E-state index >= 15 is 0 Å². The number of allylic oxidation sites excluding steroid dienone is 1. The first-order valence-corrected chi connectivity index (χ1v) is 12.1. The number of carbonyl (C=O) groups excluding carboxylic acids is 2. The first-order chi connectivity index (χ1) is 16.0. The SMILES string of the molecule is CCCCCCCC=CC(=O)Oc1ccc(-c2ccc(CCC(C)OC(=O)CC)cc2)nc1. The third-order valence-electron chi connectivity index (χ3n) is 5.39. The van der Waals surface area contributed by atoms with Crippen LogP contribution >= 0.6 is 0 Å². The Kier molecular flexibility index (Phi) is 11.9. The highest BCUT2D eigenvalue weighted by molar-refractivity contribution is 5.84. The molecule has 0 saturated heterocycles. The summed E-state index contributed by atoms with van der Waals surface area (Å²) < 4.78 is 10.6. The van der Waals surface area contributed by atoms with E-state index in [1.807, 2.05) is 31.2 Å². The smallest absolute Gasteiger partial charge is 0.335 e. The van der Waals surface area contributed by atoms with Gasteiger partial charge in [-0.15, -0.1) is 0 Å². The van der Waals surface area contributed by atoms with E-state index in [0.717, 1.165) is 36.9 Å². The number of hydrogen-bond acceptors (Lipinski definition) is 5. The Morgan fingerprint density at radius 1 is 1.00 bits per heavy atom. The molecular formula is C28H37NO4. The minimum absolute atomic E-state index is 0.0883. The van der Waals surface area contributed by atoms with E-state index in [4.69, 9.17) is 9.47 Å². The van der Waals surface area contributed by atoms with Gasteiger partial charge in [-0.25, -0.2) is 4.79 Å². The molecule has 0 N–H and O–H groups in total. The van der Waals surface area contributed by atoms with Crippen LogP contribution < -0.4 is 4.74 Å². The molecule has 5 heteroatoms. The zero-order valence-corrected chi connectivity index (χ0v) is 20.2. The van der Waals surface area contributed by atoms with Crippen molar-refractivity contribution in [3.05, 3.63) is 60.3 Å². The number of esters is 2. The predicted octanol–water partition coefficient (Wildman–Crippen LogP) is 6.85. The van der Waals surface area contributed by atoms with Gasteiger partial charge in [0.05, 0.1) is 18.0 Å². The van der Waals surface area contributed by atoms with Crippen molar-refractivity contribution in [2.24, 2.45) is 0 Å². The molecule has 1 unspecified atom stereocenters. The molecule has 33 heavy (non-hydrogen) atoms. The van der Waals surface area contributed by atoms with Crippen molar-refractivity contribution in [1.29, 1.82) is 0 Å². The van der Waals surface area contributed by atoms with Crippen LogP contribution in [-0.4, -0.2) is 23.0 Å². The molecule has 1 aromatic carbocycles. The lowest BCUT2D eigenvalue weighted by molar-refractivity contribution is -0.148. The molecule has 5 nitrogen and oxygen atoms in total. The molecule has 1 heterocycles. The molecular weight excluding hydrogens is 414 g/mol. The summed E-state index contributed by atoms with van der Waals surface area (Å²) in [7, 11) is 0. The second-order valence-electron chi connectivity index (χ2n) is 8.30. The van der Waals surface area contributed by atoms with Gasteiger partial charge in [0.2, 0.25) is 0 Å². The lowest BCUT2D eigenvalue weighted by Gasteiger charge is -2.12. The van der Waals surface area contributed by atoms with Gasteiger partial charge in [0.1, 0.15) is 5.75 Å². The average Bonchev–Trinajstić information content (AvgIpc) is 2.83. The molecule has 1 aromatic heterocycles. The fourth-order valence-electron chi connectivity index (χ4n) is 3.39. The normalized spacial score (nSPS) is 12.0. The second-order valence-corrected chi connectivity index (χ2v) is 8.30. The van der Waals surface area contributed by atoms with Crippen LogP contribution in [0.4, 0.5) is 0 Å². The number of rotatable bonds is 14. The molecule has 0 aliphatic rings. The van der Waals surface area contributed by atoms with Crippen LogP contribution in [0.2, 0.25) is 0 Å². The van der Waals surface area contributed by atoms with Gasteiger partial charge in [0.25, 0.3) is 0 Å². The van der Waals surface area contributed by atoms with E-state index in [0.29, 0.717) is 12.2 Å². The molecule has 0 saturated carbocycles. The highest BCUT2D eigenvalue weighted by Gasteiger charge is 2.08. The van der Waals surface area contributed by atoms with Crippen LogP contribution in [0.25, 0.3) is 11.3 Å². The lowest BCUT2D eigenvalue weighted by Crippen LogP contribution is -2.14. The maximum Gasteiger partial charge on any atom is 0.335 e. The van der Waals surface area contributed by atoms with Gasteiger partial charge in [-0.2, -0.15) is 0 Å². The van der Waals surface area contributed by atoms with Gasteiger partial charge in [-0.3, -0.25) is 9.78 Å². The number of pyridine rings is 1. The maximum absolute atomic E-state index is 12.0. The molecule has 178 valence electrons.